The van der Waals surface area contributed by atoms with Gasteiger partial charge in [-0.15, -0.1) is 0 Å². The van der Waals surface area contributed by atoms with E-state index in [1.54, 1.807) is 0 Å². The van der Waals surface area contributed by atoms with E-state index in [1.807, 2.05) is 0 Å². The third-order valence-electron chi connectivity index (χ3n) is 12.6. The van der Waals surface area contributed by atoms with E-state index in [4.69, 9.17) is 28.4 Å². The van der Waals surface area contributed by atoms with Gasteiger partial charge in [0.05, 0.1) is 26.4 Å². The third kappa shape index (κ3) is 32.2. The van der Waals surface area contributed by atoms with Crippen molar-refractivity contribution >= 4 is 5.97 Å². The lowest BCUT2D eigenvalue weighted by atomic mass is 9.98. The molecule has 2 heterocycles. The smallest absolute Gasteiger partial charge is 0.306 e. The summed E-state index contributed by atoms with van der Waals surface area (Å²) in [4.78, 5) is 13.1. The Bertz CT molecular complexity index is 1570. The Morgan fingerprint density at radius 2 is 0.890 bits per heavy atom. The van der Waals surface area contributed by atoms with Crippen LogP contribution in [0.1, 0.15) is 168 Å². The van der Waals surface area contributed by atoms with E-state index in [2.05, 4.69) is 111 Å². The molecule has 0 bridgehead atoms. The van der Waals surface area contributed by atoms with Gasteiger partial charge in [0.1, 0.15) is 54.9 Å². The number of aliphatic hydroxyl groups is 7. The van der Waals surface area contributed by atoms with Crippen molar-refractivity contribution in [1.82, 2.24) is 0 Å². The van der Waals surface area contributed by atoms with Crippen LogP contribution in [0.5, 0.6) is 0 Å². The molecule has 0 amide bonds. The fourth-order valence-corrected chi connectivity index (χ4v) is 8.08. The summed E-state index contributed by atoms with van der Waals surface area (Å²) in [6, 6.07) is 0. The van der Waals surface area contributed by atoms with Crippen molar-refractivity contribution in [2.24, 2.45) is 0 Å². The number of hydrogen-bond acceptors (Lipinski definition) is 14. The molecule has 11 atom stereocenters. The summed E-state index contributed by atoms with van der Waals surface area (Å²) in [6.45, 7) is 3.47. The van der Waals surface area contributed by atoms with Gasteiger partial charge in [0.2, 0.25) is 0 Å². The molecule has 0 aliphatic carbocycles. The van der Waals surface area contributed by atoms with Crippen LogP contribution in [0, 0.1) is 0 Å². The molecule has 73 heavy (non-hydrogen) atoms. The lowest BCUT2D eigenvalue weighted by molar-refractivity contribution is -0.332. The first-order valence-corrected chi connectivity index (χ1v) is 27.8. The fourth-order valence-electron chi connectivity index (χ4n) is 8.08. The highest BCUT2D eigenvalue weighted by atomic mass is 16.7. The van der Waals surface area contributed by atoms with Crippen LogP contribution in [0.25, 0.3) is 0 Å². The van der Waals surface area contributed by atoms with Crippen LogP contribution in [-0.4, -0.2) is 142 Å². The van der Waals surface area contributed by atoms with E-state index in [9.17, 15) is 40.5 Å². The number of hydrogen-bond donors (Lipinski definition) is 7. The lowest BCUT2D eigenvalue weighted by Gasteiger charge is -2.42. The van der Waals surface area contributed by atoms with Gasteiger partial charge in [-0.3, -0.25) is 4.79 Å². The number of unbranched alkanes of at least 4 members (excludes halogenated alkanes) is 13. The second-order valence-electron chi connectivity index (χ2n) is 19.0. The third-order valence-corrected chi connectivity index (χ3v) is 12.6. The van der Waals surface area contributed by atoms with E-state index in [-0.39, 0.29) is 19.6 Å². The maximum atomic E-state index is 13.1. The minimum atomic E-state index is -1.72. The lowest BCUT2D eigenvalue weighted by Crippen LogP contribution is -2.61. The Labute approximate surface area is 439 Å². The van der Waals surface area contributed by atoms with Crippen LogP contribution >= 0.6 is 0 Å². The quantitative estimate of drug-likeness (QED) is 0.0172. The van der Waals surface area contributed by atoms with Gasteiger partial charge >= 0.3 is 5.97 Å². The monoisotopic (exact) mass is 1030 g/mol. The molecule has 7 N–H and O–H groups in total. The zero-order chi connectivity index (χ0) is 53.0. The number of carbonyl (C=O) groups excluding carboxylic acids is 1. The summed E-state index contributed by atoms with van der Waals surface area (Å²) in [6.07, 6.45) is 43.2. The van der Waals surface area contributed by atoms with Gasteiger partial charge < -0.3 is 64.2 Å². The molecule has 2 aliphatic heterocycles. The van der Waals surface area contributed by atoms with E-state index in [0.29, 0.717) is 13.0 Å². The van der Waals surface area contributed by atoms with Crippen molar-refractivity contribution in [1.29, 1.82) is 0 Å². The molecule has 418 valence electrons. The summed E-state index contributed by atoms with van der Waals surface area (Å²) >= 11 is 0. The zero-order valence-corrected chi connectivity index (χ0v) is 44.6. The maximum Gasteiger partial charge on any atom is 0.306 e. The second kappa shape index (κ2) is 45.1. The van der Waals surface area contributed by atoms with Crippen molar-refractivity contribution in [3.8, 4) is 0 Å². The molecule has 0 aromatic rings. The number of aliphatic hydroxyl groups excluding tert-OH is 7. The average Bonchev–Trinajstić information content (AvgIpc) is 3.39. The van der Waals surface area contributed by atoms with Crippen LogP contribution in [-0.2, 0) is 33.2 Å². The fraction of sp³-hybridized carbons (Fsp3) is 0.712. The molecule has 11 unspecified atom stereocenters. The highest BCUT2D eigenvalue weighted by molar-refractivity contribution is 5.69. The van der Waals surface area contributed by atoms with Crippen molar-refractivity contribution in [3.63, 3.8) is 0 Å². The number of esters is 1. The number of ether oxygens (including phenoxy) is 6. The average molecular weight is 1030 g/mol. The molecule has 0 aromatic heterocycles. The molecule has 0 spiro atoms. The highest BCUT2D eigenvalue weighted by Crippen LogP contribution is 2.26. The van der Waals surface area contributed by atoms with Gasteiger partial charge in [0.25, 0.3) is 0 Å². The zero-order valence-electron chi connectivity index (χ0n) is 44.6. The molecule has 0 radical (unpaired) electrons. The normalized spacial score (nSPS) is 25.7. The minimum Gasteiger partial charge on any atom is -0.457 e. The molecule has 2 fully saturated rings. The molecule has 2 rings (SSSR count). The summed E-state index contributed by atoms with van der Waals surface area (Å²) < 4.78 is 34.3. The largest absolute Gasteiger partial charge is 0.457 e. The summed E-state index contributed by atoms with van der Waals surface area (Å²) in [7, 11) is 0. The summed E-state index contributed by atoms with van der Waals surface area (Å²) in [5.41, 5.74) is 0. The first-order valence-electron chi connectivity index (χ1n) is 27.8. The standard InChI is InChI=1S/C59H98O14/c1-3-5-7-9-11-13-15-17-19-21-22-23-24-25-26-27-28-30-32-34-36-38-40-42-51(61)71-48(45-68-43-41-39-37-35-33-31-29-20-18-16-14-12-10-8-6-4-2)46-69-58-57(67)55(65)53(63)50(73-58)47-70-59-56(66)54(64)52(62)49(44-60)72-59/h5,7,11-14,17-20,22-23,25-26,28,30,48-50,52-60,62-67H,3-4,6,8-10,15-16,21,24,27,29,31-47H2,1-2H3/b7-5-,13-11-,14-12-,19-17-,20-18-,23-22-,26-25-,30-28-. The molecule has 2 saturated heterocycles. The molecule has 0 saturated carbocycles. The Morgan fingerprint density at radius 1 is 0.466 bits per heavy atom. The van der Waals surface area contributed by atoms with Crippen molar-refractivity contribution in [2.45, 2.75) is 235 Å². The van der Waals surface area contributed by atoms with E-state index < -0.39 is 86.7 Å². The molecular weight excluding hydrogens is 933 g/mol. The van der Waals surface area contributed by atoms with E-state index in [0.717, 1.165) is 103 Å². The van der Waals surface area contributed by atoms with Crippen LogP contribution in [0.2, 0.25) is 0 Å². The number of allylic oxidation sites excluding steroid dienone is 16. The predicted molar refractivity (Wildman–Crippen MR) is 288 cm³/mol. The Balaban J connectivity index is 1.76. The maximum absolute atomic E-state index is 13.1. The minimum absolute atomic E-state index is 0.0373. The van der Waals surface area contributed by atoms with Crippen LogP contribution < -0.4 is 0 Å². The molecule has 14 heteroatoms. The van der Waals surface area contributed by atoms with Gasteiger partial charge in [0, 0.05) is 13.0 Å². The summed E-state index contributed by atoms with van der Waals surface area (Å²) in [5, 5.41) is 72.3. The Hall–Kier alpha value is -3.09. The first-order chi connectivity index (χ1) is 35.6. The van der Waals surface area contributed by atoms with Crippen molar-refractivity contribution in [2.75, 3.05) is 33.0 Å². The Morgan fingerprint density at radius 3 is 1.40 bits per heavy atom. The van der Waals surface area contributed by atoms with E-state index in [1.165, 1.54) is 38.5 Å². The van der Waals surface area contributed by atoms with Crippen LogP contribution in [0.4, 0.5) is 0 Å². The van der Waals surface area contributed by atoms with Gasteiger partial charge in [0.15, 0.2) is 12.6 Å². The molecule has 0 aromatic carbocycles. The van der Waals surface area contributed by atoms with Gasteiger partial charge in [-0.1, -0.05) is 162 Å². The number of carbonyl (C=O) groups is 1. The SMILES string of the molecule is CC/C=C\C/C=C\C/C=C\C/C=C\C/C=C\C/C=C\CCCCCCC(=O)OC(COCCCCCCCC/C=C\C/C=C\CCCCC)COC1OC(COC2OC(CO)C(O)C(O)C2O)C(O)C(O)C1O. The molecule has 2 aliphatic rings. The Kier molecular flexibility index (Phi) is 40.8. The van der Waals surface area contributed by atoms with Gasteiger partial charge in [-0.25, -0.2) is 0 Å². The van der Waals surface area contributed by atoms with Crippen LogP contribution in [0.15, 0.2) is 97.2 Å². The predicted octanol–water partition coefficient (Wildman–Crippen LogP) is 9.41. The molecule has 14 nitrogen and oxygen atoms in total. The van der Waals surface area contributed by atoms with Crippen molar-refractivity contribution in [3.05, 3.63) is 97.2 Å². The van der Waals surface area contributed by atoms with Crippen molar-refractivity contribution < 1.29 is 69.0 Å². The summed E-state index contributed by atoms with van der Waals surface area (Å²) in [5.74, 6) is -0.408. The van der Waals surface area contributed by atoms with Gasteiger partial charge in [-0.05, 0) is 96.3 Å². The van der Waals surface area contributed by atoms with Crippen LogP contribution in [0.3, 0.4) is 0 Å². The highest BCUT2D eigenvalue weighted by Gasteiger charge is 2.47. The topological polar surface area (TPSA) is 214 Å². The molecular formula is C59H98O14. The second-order valence-corrected chi connectivity index (χ2v) is 19.0. The van der Waals surface area contributed by atoms with Gasteiger partial charge in [-0.2, -0.15) is 0 Å². The van der Waals surface area contributed by atoms with E-state index >= 15 is 0 Å². The first kappa shape index (κ1) is 66.0. The number of rotatable bonds is 43.